The minimum atomic E-state index is 0.410. The third-order valence-electron chi connectivity index (χ3n) is 3.51. The van der Waals surface area contributed by atoms with E-state index in [-0.39, 0.29) is 0 Å². The van der Waals surface area contributed by atoms with Gasteiger partial charge in [0.1, 0.15) is 0 Å². The van der Waals surface area contributed by atoms with Crippen molar-refractivity contribution in [1.29, 1.82) is 0 Å². The highest BCUT2D eigenvalue weighted by Crippen LogP contribution is 2.15. The van der Waals surface area contributed by atoms with Gasteiger partial charge in [-0.05, 0) is 38.8 Å². The average molecular weight is 253 g/mol. The molecule has 1 N–H and O–H groups in total. The average Bonchev–Trinajstić information content (AvgIpc) is 2.85. The molecule has 0 radical (unpaired) electrons. The summed E-state index contributed by atoms with van der Waals surface area (Å²) < 4.78 is 7.28. The smallest absolute Gasteiger partial charge is 0.0625 e. The molecule has 0 fully saturated rings. The van der Waals surface area contributed by atoms with E-state index in [1.165, 1.54) is 5.69 Å². The number of hydrogen-bond donors (Lipinski definition) is 1. The SMILES string of the molecule is CCC(CC)n1ccc(CCC(COC)NC)n1. The Morgan fingerprint density at radius 2 is 2.11 bits per heavy atom. The van der Waals surface area contributed by atoms with E-state index in [0.29, 0.717) is 12.1 Å². The summed E-state index contributed by atoms with van der Waals surface area (Å²) in [4.78, 5) is 0. The van der Waals surface area contributed by atoms with Crippen LogP contribution in [0.5, 0.6) is 0 Å². The molecule has 0 saturated carbocycles. The van der Waals surface area contributed by atoms with Gasteiger partial charge >= 0.3 is 0 Å². The quantitative estimate of drug-likeness (QED) is 0.734. The first-order chi connectivity index (χ1) is 8.74. The van der Waals surface area contributed by atoms with Crippen molar-refractivity contribution in [3.63, 3.8) is 0 Å². The maximum absolute atomic E-state index is 5.17. The van der Waals surface area contributed by atoms with Gasteiger partial charge in [-0.1, -0.05) is 13.8 Å². The molecule has 0 amide bonds. The van der Waals surface area contributed by atoms with Crippen LogP contribution in [-0.4, -0.2) is 36.6 Å². The summed E-state index contributed by atoms with van der Waals surface area (Å²) in [6, 6.07) is 3.09. The van der Waals surface area contributed by atoms with Gasteiger partial charge in [-0.2, -0.15) is 5.10 Å². The first-order valence-electron chi connectivity index (χ1n) is 6.95. The third-order valence-corrected chi connectivity index (χ3v) is 3.51. The van der Waals surface area contributed by atoms with E-state index < -0.39 is 0 Å². The number of aryl methyl sites for hydroxylation is 1. The Morgan fingerprint density at radius 1 is 1.39 bits per heavy atom. The highest BCUT2D eigenvalue weighted by molar-refractivity contribution is 5.00. The number of nitrogens with one attached hydrogen (secondary N) is 1. The summed E-state index contributed by atoms with van der Waals surface area (Å²) >= 11 is 0. The molecular weight excluding hydrogens is 226 g/mol. The normalized spacial score (nSPS) is 13.2. The van der Waals surface area contributed by atoms with Gasteiger partial charge in [0, 0.05) is 19.3 Å². The number of hydrogen-bond acceptors (Lipinski definition) is 3. The van der Waals surface area contributed by atoms with Crippen molar-refractivity contribution < 1.29 is 4.74 Å². The zero-order chi connectivity index (χ0) is 13.4. The van der Waals surface area contributed by atoms with Crippen LogP contribution in [-0.2, 0) is 11.2 Å². The largest absolute Gasteiger partial charge is 0.383 e. The number of methoxy groups -OCH3 is 1. The van der Waals surface area contributed by atoms with E-state index in [9.17, 15) is 0 Å². The van der Waals surface area contributed by atoms with E-state index >= 15 is 0 Å². The van der Waals surface area contributed by atoms with Gasteiger partial charge in [-0.15, -0.1) is 0 Å². The number of ether oxygens (including phenoxy) is 1. The molecule has 0 bridgehead atoms. The van der Waals surface area contributed by atoms with Crippen LogP contribution in [0.1, 0.15) is 44.8 Å². The minimum Gasteiger partial charge on any atom is -0.383 e. The summed E-state index contributed by atoms with van der Waals surface area (Å²) in [6.07, 6.45) is 6.45. The van der Waals surface area contributed by atoms with Crippen molar-refractivity contribution in [2.75, 3.05) is 20.8 Å². The maximum atomic E-state index is 5.17. The highest BCUT2D eigenvalue weighted by Gasteiger charge is 2.10. The summed E-state index contributed by atoms with van der Waals surface area (Å²) in [5.74, 6) is 0. The van der Waals surface area contributed by atoms with Crippen LogP contribution in [0.25, 0.3) is 0 Å². The fourth-order valence-corrected chi connectivity index (χ4v) is 2.21. The second-order valence-corrected chi connectivity index (χ2v) is 4.74. The lowest BCUT2D eigenvalue weighted by atomic mass is 10.1. The minimum absolute atomic E-state index is 0.410. The van der Waals surface area contributed by atoms with Crippen molar-refractivity contribution in [1.82, 2.24) is 15.1 Å². The molecule has 1 aromatic heterocycles. The Bertz CT molecular complexity index is 321. The van der Waals surface area contributed by atoms with E-state index in [4.69, 9.17) is 4.74 Å². The molecule has 4 nitrogen and oxygen atoms in total. The topological polar surface area (TPSA) is 39.1 Å². The fraction of sp³-hybridized carbons (Fsp3) is 0.786. The molecule has 1 atom stereocenters. The van der Waals surface area contributed by atoms with Crippen LogP contribution in [0.3, 0.4) is 0 Å². The molecule has 1 unspecified atom stereocenters. The molecular formula is C14H27N3O. The standard InChI is InChI=1S/C14H27N3O/c1-5-14(6-2)17-10-9-12(16-17)7-8-13(15-3)11-18-4/h9-10,13-15H,5-8,11H2,1-4H3. The highest BCUT2D eigenvalue weighted by atomic mass is 16.5. The van der Waals surface area contributed by atoms with Crippen molar-refractivity contribution in [2.45, 2.75) is 51.6 Å². The van der Waals surface area contributed by atoms with E-state index in [0.717, 1.165) is 32.3 Å². The van der Waals surface area contributed by atoms with E-state index in [2.05, 4.69) is 41.2 Å². The van der Waals surface area contributed by atoms with E-state index in [1.54, 1.807) is 7.11 Å². The van der Waals surface area contributed by atoms with Crippen molar-refractivity contribution in [2.24, 2.45) is 0 Å². The number of rotatable bonds is 9. The molecule has 18 heavy (non-hydrogen) atoms. The van der Waals surface area contributed by atoms with Gasteiger partial charge in [0.05, 0.1) is 18.3 Å². The molecule has 0 saturated heterocycles. The summed E-state index contributed by atoms with van der Waals surface area (Å²) in [6.45, 7) is 5.18. The van der Waals surface area contributed by atoms with Crippen molar-refractivity contribution >= 4 is 0 Å². The molecule has 0 aliphatic carbocycles. The molecule has 4 heteroatoms. The molecule has 1 heterocycles. The first-order valence-corrected chi connectivity index (χ1v) is 6.95. The molecule has 0 aromatic carbocycles. The lowest BCUT2D eigenvalue weighted by Gasteiger charge is -2.14. The maximum Gasteiger partial charge on any atom is 0.0625 e. The Kier molecular flexibility index (Phi) is 6.98. The van der Waals surface area contributed by atoms with Crippen LogP contribution in [0.4, 0.5) is 0 Å². The van der Waals surface area contributed by atoms with Crippen molar-refractivity contribution in [3.05, 3.63) is 18.0 Å². The van der Waals surface area contributed by atoms with Gasteiger partial charge < -0.3 is 10.1 Å². The van der Waals surface area contributed by atoms with Gasteiger partial charge in [0.2, 0.25) is 0 Å². The number of aromatic nitrogens is 2. The predicted octanol–water partition coefficient (Wildman–Crippen LogP) is 2.41. The Balaban J connectivity index is 2.48. The summed E-state index contributed by atoms with van der Waals surface area (Å²) in [7, 11) is 3.72. The van der Waals surface area contributed by atoms with Gasteiger partial charge in [-0.3, -0.25) is 4.68 Å². The monoisotopic (exact) mass is 253 g/mol. The van der Waals surface area contributed by atoms with Gasteiger partial charge in [0.15, 0.2) is 0 Å². The van der Waals surface area contributed by atoms with E-state index in [1.807, 2.05) is 7.05 Å². The first kappa shape index (κ1) is 15.2. The predicted molar refractivity (Wildman–Crippen MR) is 74.9 cm³/mol. The molecule has 0 aliphatic heterocycles. The Hall–Kier alpha value is -0.870. The van der Waals surface area contributed by atoms with Crippen LogP contribution in [0.2, 0.25) is 0 Å². The second-order valence-electron chi connectivity index (χ2n) is 4.74. The van der Waals surface area contributed by atoms with Crippen LogP contribution >= 0.6 is 0 Å². The summed E-state index contributed by atoms with van der Waals surface area (Å²) in [5.41, 5.74) is 1.18. The fourth-order valence-electron chi connectivity index (χ4n) is 2.21. The molecule has 1 aromatic rings. The lowest BCUT2D eigenvalue weighted by Crippen LogP contribution is -2.30. The zero-order valence-electron chi connectivity index (χ0n) is 12.1. The molecule has 0 aliphatic rings. The van der Waals surface area contributed by atoms with Gasteiger partial charge in [-0.25, -0.2) is 0 Å². The lowest BCUT2D eigenvalue weighted by molar-refractivity contribution is 0.166. The third kappa shape index (κ3) is 4.42. The Morgan fingerprint density at radius 3 is 2.67 bits per heavy atom. The van der Waals surface area contributed by atoms with Crippen LogP contribution in [0, 0.1) is 0 Å². The molecule has 1 rings (SSSR count). The second kappa shape index (κ2) is 8.27. The Labute approximate surface area is 111 Å². The number of nitrogens with zero attached hydrogens (tertiary/aromatic N) is 2. The van der Waals surface area contributed by atoms with Crippen LogP contribution in [0.15, 0.2) is 12.3 Å². The van der Waals surface area contributed by atoms with Crippen LogP contribution < -0.4 is 5.32 Å². The van der Waals surface area contributed by atoms with Crippen molar-refractivity contribution in [3.8, 4) is 0 Å². The molecule has 104 valence electrons. The molecule has 0 spiro atoms. The zero-order valence-corrected chi connectivity index (χ0v) is 12.1. The van der Waals surface area contributed by atoms with Gasteiger partial charge in [0.25, 0.3) is 0 Å². The summed E-state index contributed by atoms with van der Waals surface area (Å²) in [5, 5.41) is 7.93. The number of likely N-dealkylation sites (N-methyl/N-ethyl adjacent to an activating group) is 1.